The topological polar surface area (TPSA) is 47.0 Å². The van der Waals surface area contributed by atoms with Gasteiger partial charge in [-0.15, -0.1) is 12.4 Å². The van der Waals surface area contributed by atoms with Crippen molar-refractivity contribution in [3.8, 4) is 5.88 Å². The first-order valence-corrected chi connectivity index (χ1v) is 7.84. The number of thioether (sulfide) groups is 1. The molecule has 2 heterocycles. The van der Waals surface area contributed by atoms with Gasteiger partial charge >= 0.3 is 0 Å². The number of hydrogen-bond acceptors (Lipinski definition) is 5. The zero-order valence-electron chi connectivity index (χ0n) is 11.3. The molecule has 1 aromatic rings. The Labute approximate surface area is 125 Å². The molecule has 6 heteroatoms. The van der Waals surface area contributed by atoms with E-state index in [9.17, 15) is 0 Å². The third kappa shape index (κ3) is 5.97. The van der Waals surface area contributed by atoms with Gasteiger partial charge in [0.2, 0.25) is 5.88 Å². The van der Waals surface area contributed by atoms with Gasteiger partial charge in [0.25, 0.3) is 0 Å². The SMILES string of the molecule is CSc1nccc(OCCCC2CCCCN2)n1.Cl. The Morgan fingerprint density at radius 2 is 2.37 bits per heavy atom. The number of rotatable bonds is 6. The molecule has 108 valence electrons. The van der Waals surface area contributed by atoms with Gasteiger partial charge in [-0.25, -0.2) is 4.98 Å². The predicted molar refractivity (Wildman–Crippen MR) is 81.4 cm³/mol. The lowest BCUT2D eigenvalue weighted by Crippen LogP contribution is -2.34. The van der Waals surface area contributed by atoms with Gasteiger partial charge in [-0.1, -0.05) is 18.2 Å². The molecule has 1 unspecified atom stereocenters. The second-order valence-electron chi connectivity index (χ2n) is 4.52. The molecule has 1 aromatic heterocycles. The molecule has 0 aromatic carbocycles. The maximum absolute atomic E-state index is 5.65. The van der Waals surface area contributed by atoms with Crippen LogP contribution in [0.15, 0.2) is 17.4 Å². The molecule has 0 amide bonds. The summed E-state index contributed by atoms with van der Waals surface area (Å²) in [5, 5.41) is 4.32. The van der Waals surface area contributed by atoms with Crippen LogP contribution in [0, 0.1) is 0 Å². The van der Waals surface area contributed by atoms with Crippen molar-refractivity contribution in [1.29, 1.82) is 0 Å². The lowest BCUT2D eigenvalue weighted by molar-refractivity contribution is 0.274. The van der Waals surface area contributed by atoms with Gasteiger partial charge in [0.05, 0.1) is 6.61 Å². The maximum Gasteiger partial charge on any atom is 0.217 e. The average Bonchev–Trinajstić information content (AvgIpc) is 2.45. The summed E-state index contributed by atoms with van der Waals surface area (Å²) in [4.78, 5) is 8.41. The molecule has 0 saturated carbocycles. The summed E-state index contributed by atoms with van der Waals surface area (Å²) in [7, 11) is 0. The lowest BCUT2D eigenvalue weighted by atomic mass is 10.0. The molecule has 1 saturated heterocycles. The third-order valence-electron chi connectivity index (χ3n) is 3.15. The fraction of sp³-hybridized carbons (Fsp3) is 0.692. The van der Waals surface area contributed by atoms with E-state index in [1.807, 2.05) is 12.3 Å². The Morgan fingerprint density at radius 1 is 1.47 bits per heavy atom. The quantitative estimate of drug-likeness (QED) is 0.497. The maximum atomic E-state index is 5.65. The van der Waals surface area contributed by atoms with E-state index in [2.05, 4.69) is 15.3 Å². The molecular formula is C13H22ClN3OS. The highest BCUT2D eigenvalue weighted by Gasteiger charge is 2.11. The Hall–Kier alpha value is -0.520. The highest BCUT2D eigenvalue weighted by molar-refractivity contribution is 7.98. The van der Waals surface area contributed by atoms with Crippen LogP contribution in [0.1, 0.15) is 32.1 Å². The van der Waals surface area contributed by atoms with Crippen molar-refractivity contribution < 1.29 is 4.74 Å². The molecule has 19 heavy (non-hydrogen) atoms. The van der Waals surface area contributed by atoms with Crippen LogP contribution >= 0.6 is 24.2 Å². The van der Waals surface area contributed by atoms with E-state index in [1.54, 1.807) is 6.20 Å². The molecule has 1 N–H and O–H groups in total. The number of nitrogens with one attached hydrogen (secondary N) is 1. The predicted octanol–water partition coefficient (Wildman–Crippen LogP) is 2.92. The normalized spacial score (nSPS) is 18.7. The number of hydrogen-bond donors (Lipinski definition) is 1. The van der Waals surface area contributed by atoms with Gasteiger partial charge in [0, 0.05) is 18.3 Å². The van der Waals surface area contributed by atoms with Crippen LogP contribution in [0.2, 0.25) is 0 Å². The molecule has 1 aliphatic rings. The minimum Gasteiger partial charge on any atom is -0.478 e. The number of nitrogens with zero attached hydrogens (tertiary/aromatic N) is 2. The Kier molecular flexibility index (Phi) is 8.18. The molecular weight excluding hydrogens is 282 g/mol. The molecule has 2 rings (SSSR count). The summed E-state index contributed by atoms with van der Waals surface area (Å²) >= 11 is 1.53. The van der Waals surface area contributed by atoms with Crippen molar-refractivity contribution in [2.75, 3.05) is 19.4 Å². The Balaban J connectivity index is 0.00000180. The molecule has 1 atom stereocenters. The van der Waals surface area contributed by atoms with E-state index < -0.39 is 0 Å². The first kappa shape index (κ1) is 16.5. The molecule has 4 nitrogen and oxygen atoms in total. The average molecular weight is 304 g/mol. The highest BCUT2D eigenvalue weighted by Crippen LogP contribution is 2.14. The van der Waals surface area contributed by atoms with Crippen molar-refractivity contribution >= 4 is 24.2 Å². The Morgan fingerprint density at radius 3 is 3.11 bits per heavy atom. The smallest absolute Gasteiger partial charge is 0.217 e. The van der Waals surface area contributed by atoms with E-state index in [0.29, 0.717) is 11.9 Å². The summed E-state index contributed by atoms with van der Waals surface area (Å²) in [6.45, 7) is 1.91. The molecule has 1 aliphatic heterocycles. The number of piperidine rings is 1. The standard InChI is InChI=1S/C13H21N3OS.ClH/c1-18-13-15-9-7-12(16-13)17-10-4-6-11-5-2-3-8-14-11;/h7,9,11,14H,2-6,8,10H2,1H3;1H. The molecule has 1 fully saturated rings. The first-order valence-electron chi connectivity index (χ1n) is 6.61. The van der Waals surface area contributed by atoms with Crippen LogP contribution < -0.4 is 10.1 Å². The molecule has 0 aliphatic carbocycles. The van der Waals surface area contributed by atoms with Gasteiger partial charge in [-0.05, 0) is 38.5 Å². The van der Waals surface area contributed by atoms with Crippen LogP contribution in [0.5, 0.6) is 5.88 Å². The second-order valence-corrected chi connectivity index (χ2v) is 5.29. The minimum atomic E-state index is 0. The summed E-state index contributed by atoms with van der Waals surface area (Å²) in [5.41, 5.74) is 0. The van der Waals surface area contributed by atoms with Crippen LogP contribution in [0.3, 0.4) is 0 Å². The first-order chi connectivity index (χ1) is 8.88. The number of aromatic nitrogens is 2. The van der Waals surface area contributed by atoms with E-state index >= 15 is 0 Å². The van der Waals surface area contributed by atoms with Crippen LogP contribution in [0.4, 0.5) is 0 Å². The van der Waals surface area contributed by atoms with Gasteiger partial charge in [-0.2, -0.15) is 4.98 Å². The fourth-order valence-corrected chi connectivity index (χ4v) is 2.53. The zero-order valence-corrected chi connectivity index (χ0v) is 12.9. The van der Waals surface area contributed by atoms with Crippen molar-refractivity contribution in [1.82, 2.24) is 15.3 Å². The molecule has 0 bridgehead atoms. The largest absolute Gasteiger partial charge is 0.478 e. The second kappa shape index (κ2) is 9.39. The highest BCUT2D eigenvalue weighted by atomic mass is 35.5. The van der Waals surface area contributed by atoms with Crippen molar-refractivity contribution in [3.63, 3.8) is 0 Å². The molecule has 0 spiro atoms. The number of halogens is 1. The van der Waals surface area contributed by atoms with E-state index in [1.165, 1.54) is 44.0 Å². The van der Waals surface area contributed by atoms with E-state index in [4.69, 9.17) is 4.74 Å². The van der Waals surface area contributed by atoms with Crippen molar-refractivity contribution in [2.24, 2.45) is 0 Å². The lowest BCUT2D eigenvalue weighted by Gasteiger charge is -2.23. The van der Waals surface area contributed by atoms with Crippen molar-refractivity contribution in [2.45, 2.75) is 43.3 Å². The van der Waals surface area contributed by atoms with Gasteiger partial charge < -0.3 is 10.1 Å². The third-order valence-corrected chi connectivity index (χ3v) is 3.71. The van der Waals surface area contributed by atoms with Crippen molar-refractivity contribution in [3.05, 3.63) is 12.3 Å². The summed E-state index contributed by atoms with van der Waals surface area (Å²) in [6.07, 6.45) is 9.98. The fourth-order valence-electron chi connectivity index (χ4n) is 2.18. The van der Waals surface area contributed by atoms with Gasteiger partial charge in [0.15, 0.2) is 5.16 Å². The van der Waals surface area contributed by atoms with E-state index in [0.717, 1.165) is 18.2 Å². The van der Waals surface area contributed by atoms with Gasteiger partial charge in [0.1, 0.15) is 0 Å². The molecule has 0 radical (unpaired) electrons. The van der Waals surface area contributed by atoms with Crippen LogP contribution in [0.25, 0.3) is 0 Å². The summed E-state index contributed by atoms with van der Waals surface area (Å²) in [5.74, 6) is 0.686. The van der Waals surface area contributed by atoms with Gasteiger partial charge in [-0.3, -0.25) is 0 Å². The van der Waals surface area contributed by atoms with Crippen LogP contribution in [-0.4, -0.2) is 35.4 Å². The minimum absolute atomic E-state index is 0. The summed E-state index contributed by atoms with van der Waals surface area (Å²) in [6, 6.07) is 2.51. The van der Waals surface area contributed by atoms with E-state index in [-0.39, 0.29) is 12.4 Å². The Bertz CT molecular complexity index is 361. The zero-order chi connectivity index (χ0) is 12.6. The summed E-state index contributed by atoms with van der Waals surface area (Å²) < 4.78 is 5.65. The monoisotopic (exact) mass is 303 g/mol. The van der Waals surface area contributed by atoms with Crippen LogP contribution in [-0.2, 0) is 0 Å². The number of ether oxygens (including phenoxy) is 1.